The van der Waals surface area contributed by atoms with Gasteiger partial charge >= 0.3 is 12.1 Å². The zero-order valence-electron chi connectivity index (χ0n) is 25.6. The molecule has 0 radical (unpaired) electrons. The SMILES string of the molecule is CC(C)Cc1cc(F)cc2c1nc(Cn1cccc(NC(=O)C(CCC=CC(=O)N(C)C)NC(=O)N(C)C)c1=O)n2C(=O)O. The van der Waals surface area contributed by atoms with E-state index in [4.69, 9.17) is 0 Å². The number of fused-ring (bicyclic) bond motifs is 1. The first-order valence-electron chi connectivity index (χ1n) is 14.0. The van der Waals surface area contributed by atoms with Crippen molar-refractivity contribution in [3.05, 3.63) is 70.2 Å². The average molecular weight is 612 g/mol. The van der Waals surface area contributed by atoms with E-state index >= 15 is 0 Å². The molecule has 1 unspecified atom stereocenters. The molecule has 0 aliphatic heterocycles. The van der Waals surface area contributed by atoms with E-state index in [0.717, 1.165) is 10.6 Å². The van der Waals surface area contributed by atoms with Crippen LogP contribution in [0.2, 0.25) is 0 Å². The number of pyridine rings is 1. The number of carbonyl (C=O) groups is 4. The van der Waals surface area contributed by atoms with Crippen molar-refractivity contribution in [3.8, 4) is 0 Å². The molecule has 1 atom stereocenters. The summed E-state index contributed by atoms with van der Waals surface area (Å²) in [6, 6.07) is 3.74. The second-order valence-corrected chi connectivity index (χ2v) is 11.1. The van der Waals surface area contributed by atoms with Crippen molar-refractivity contribution in [1.29, 1.82) is 0 Å². The zero-order chi connectivity index (χ0) is 32.7. The number of nitrogens with zero attached hydrogens (tertiary/aromatic N) is 5. The van der Waals surface area contributed by atoms with Gasteiger partial charge in [0.2, 0.25) is 11.8 Å². The van der Waals surface area contributed by atoms with Crippen LogP contribution in [0.4, 0.5) is 19.7 Å². The van der Waals surface area contributed by atoms with Crippen LogP contribution in [-0.2, 0) is 22.6 Å². The number of benzene rings is 1. The van der Waals surface area contributed by atoms with Crippen LogP contribution in [0.5, 0.6) is 0 Å². The molecule has 13 nitrogen and oxygen atoms in total. The van der Waals surface area contributed by atoms with E-state index in [9.17, 15) is 33.5 Å². The van der Waals surface area contributed by atoms with Gasteiger partial charge in [0, 0.05) is 40.5 Å². The quantitative estimate of drug-likeness (QED) is 0.281. The number of carbonyl (C=O) groups excluding carboxylic acids is 3. The first-order chi connectivity index (χ1) is 20.7. The summed E-state index contributed by atoms with van der Waals surface area (Å²) in [5, 5.41) is 15.1. The second kappa shape index (κ2) is 14.4. The summed E-state index contributed by atoms with van der Waals surface area (Å²) >= 11 is 0. The predicted octanol–water partition coefficient (Wildman–Crippen LogP) is 3.11. The predicted molar refractivity (Wildman–Crippen MR) is 163 cm³/mol. The van der Waals surface area contributed by atoms with Gasteiger partial charge in [-0.3, -0.25) is 14.4 Å². The second-order valence-electron chi connectivity index (χ2n) is 11.1. The third-order valence-electron chi connectivity index (χ3n) is 6.63. The number of halogens is 1. The standard InChI is InChI=1S/C30H38FN7O6/c1-18(2)14-19-15-20(31)16-23-26(19)34-24(38(23)30(43)44)17-37-13-9-11-22(28(37)41)32-27(40)21(33-29(42)36(5)6)10-7-8-12-25(39)35(3)4/h8-9,11-13,15-16,18,21H,7,10,14,17H2,1-6H3,(H,32,40)(H,33,42)(H,43,44). The first kappa shape index (κ1) is 33.5. The molecular weight excluding hydrogens is 573 g/mol. The first-order valence-corrected chi connectivity index (χ1v) is 14.0. The molecule has 3 aromatic rings. The van der Waals surface area contributed by atoms with Crippen molar-refractivity contribution in [2.45, 2.75) is 45.7 Å². The molecule has 0 fully saturated rings. The van der Waals surface area contributed by atoms with Gasteiger partial charge in [-0.25, -0.2) is 23.5 Å². The summed E-state index contributed by atoms with van der Waals surface area (Å²) in [6.07, 6.45) is 3.88. The number of likely N-dealkylation sites (N-methyl/N-ethyl adjacent to an activating group) is 1. The third-order valence-corrected chi connectivity index (χ3v) is 6.63. The van der Waals surface area contributed by atoms with Crippen LogP contribution in [0.25, 0.3) is 11.0 Å². The van der Waals surface area contributed by atoms with Crippen LogP contribution in [0.15, 0.2) is 47.4 Å². The molecule has 1 aromatic carbocycles. The van der Waals surface area contributed by atoms with Crippen molar-refractivity contribution in [2.24, 2.45) is 5.92 Å². The summed E-state index contributed by atoms with van der Waals surface area (Å²) in [5.74, 6) is -1.34. The summed E-state index contributed by atoms with van der Waals surface area (Å²) in [6.45, 7) is 3.62. The number of imidazole rings is 1. The van der Waals surface area contributed by atoms with E-state index in [2.05, 4.69) is 15.6 Å². The largest absolute Gasteiger partial charge is 0.464 e. The Morgan fingerprint density at radius 2 is 1.82 bits per heavy atom. The molecule has 3 N–H and O–H groups in total. The number of urea groups is 1. The van der Waals surface area contributed by atoms with Gasteiger partial charge in [0.1, 0.15) is 23.4 Å². The van der Waals surface area contributed by atoms with Gasteiger partial charge in [0.15, 0.2) is 0 Å². The molecule has 0 saturated carbocycles. The molecule has 2 aromatic heterocycles. The topological polar surface area (TPSA) is 159 Å². The third kappa shape index (κ3) is 8.30. The Bertz CT molecular complexity index is 1640. The minimum Gasteiger partial charge on any atom is -0.464 e. The Labute approximate surface area is 254 Å². The molecule has 44 heavy (non-hydrogen) atoms. The molecule has 0 saturated heterocycles. The monoisotopic (exact) mass is 611 g/mol. The molecule has 236 valence electrons. The maximum atomic E-state index is 14.4. The Morgan fingerprint density at radius 1 is 1.11 bits per heavy atom. The summed E-state index contributed by atoms with van der Waals surface area (Å²) in [7, 11) is 6.24. The number of hydrogen-bond donors (Lipinski definition) is 3. The Balaban J connectivity index is 1.90. The molecule has 3 rings (SSSR count). The fourth-order valence-corrected chi connectivity index (χ4v) is 4.44. The van der Waals surface area contributed by atoms with E-state index in [0.29, 0.717) is 17.5 Å². The molecule has 4 amide bonds. The minimum atomic E-state index is -1.39. The van der Waals surface area contributed by atoms with Crippen molar-refractivity contribution < 1.29 is 28.7 Å². The number of carboxylic acid groups (broad SMARTS) is 1. The van der Waals surface area contributed by atoms with Gasteiger partial charge in [0.25, 0.3) is 5.56 Å². The van der Waals surface area contributed by atoms with Crippen molar-refractivity contribution in [3.63, 3.8) is 0 Å². The highest BCUT2D eigenvalue weighted by atomic mass is 19.1. The summed E-state index contributed by atoms with van der Waals surface area (Å²) < 4.78 is 16.5. The number of anilines is 1. The molecule has 2 heterocycles. The van der Waals surface area contributed by atoms with Crippen molar-refractivity contribution in [1.82, 2.24) is 29.2 Å². The van der Waals surface area contributed by atoms with Crippen LogP contribution >= 0.6 is 0 Å². The fourth-order valence-electron chi connectivity index (χ4n) is 4.44. The lowest BCUT2D eigenvalue weighted by Gasteiger charge is -2.20. The van der Waals surface area contributed by atoms with E-state index in [-0.39, 0.29) is 48.2 Å². The highest BCUT2D eigenvalue weighted by Gasteiger charge is 2.24. The number of allylic oxidation sites excluding steroid dienone is 1. The number of aromatic nitrogens is 3. The lowest BCUT2D eigenvalue weighted by atomic mass is 10.0. The number of hydrogen-bond acceptors (Lipinski definition) is 6. The van der Waals surface area contributed by atoms with Gasteiger partial charge in [0.05, 0.1) is 17.6 Å². The number of nitrogens with one attached hydrogen (secondary N) is 2. The normalized spacial score (nSPS) is 12.0. The number of rotatable bonds is 11. The zero-order valence-corrected chi connectivity index (χ0v) is 25.6. The van der Waals surface area contributed by atoms with Crippen molar-refractivity contribution in [2.75, 3.05) is 33.5 Å². The molecule has 0 aliphatic rings. The molecule has 0 aliphatic carbocycles. The van der Waals surface area contributed by atoms with Gasteiger partial charge < -0.3 is 30.1 Å². The molecule has 0 bridgehead atoms. The van der Waals surface area contributed by atoms with Crippen molar-refractivity contribution >= 4 is 40.7 Å². The Morgan fingerprint density at radius 3 is 2.43 bits per heavy atom. The van der Waals surface area contributed by atoms with Gasteiger partial charge in [-0.1, -0.05) is 19.9 Å². The summed E-state index contributed by atoms with van der Waals surface area (Å²) in [4.78, 5) is 70.1. The maximum Gasteiger partial charge on any atom is 0.417 e. The molecule has 14 heteroatoms. The van der Waals surface area contributed by atoms with Crippen LogP contribution < -0.4 is 16.2 Å². The molecular formula is C30H38FN7O6. The van der Waals surface area contributed by atoms with Gasteiger partial charge in [-0.15, -0.1) is 0 Å². The number of amides is 4. The minimum absolute atomic E-state index is 0.0103. The molecule has 0 spiro atoms. The van der Waals surface area contributed by atoms with E-state index in [1.165, 1.54) is 58.9 Å². The Hall–Kier alpha value is -5.01. The lowest BCUT2D eigenvalue weighted by Crippen LogP contribution is -2.48. The average Bonchev–Trinajstić information content (AvgIpc) is 3.29. The van der Waals surface area contributed by atoms with E-state index in [1.54, 1.807) is 20.2 Å². The van der Waals surface area contributed by atoms with E-state index < -0.39 is 35.4 Å². The van der Waals surface area contributed by atoms with Crippen LogP contribution in [-0.4, -0.2) is 87.2 Å². The van der Waals surface area contributed by atoms with Crippen LogP contribution in [0.1, 0.15) is 38.1 Å². The highest BCUT2D eigenvalue weighted by Crippen LogP contribution is 2.25. The smallest absolute Gasteiger partial charge is 0.417 e. The van der Waals surface area contributed by atoms with Crippen LogP contribution in [0.3, 0.4) is 0 Å². The summed E-state index contributed by atoms with van der Waals surface area (Å²) in [5.41, 5.74) is 0.200. The van der Waals surface area contributed by atoms with E-state index in [1.807, 2.05) is 13.8 Å². The highest BCUT2D eigenvalue weighted by molar-refractivity contribution is 5.97. The maximum absolute atomic E-state index is 14.4. The lowest BCUT2D eigenvalue weighted by molar-refractivity contribution is -0.123. The fraction of sp³-hybridized carbons (Fsp3) is 0.400. The van der Waals surface area contributed by atoms with Gasteiger partial charge in [-0.2, -0.15) is 0 Å². The van der Waals surface area contributed by atoms with Gasteiger partial charge in [-0.05, 0) is 55.0 Å². The van der Waals surface area contributed by atoms with Crippen LogP contribution in [0, 0.1) is 11.7 Å². The Kier molecular flexibility index (Phi) is 11.0.